The third kappa shape index (κ3) is 44.8. The van der Waals surface area contributed by atoms with E-state index in [4.69, 9.17) is 14.5 Å². The molecule has 8 rings (SSSR count). The maximum atomic E-state index is 9.44. The van der Waals surface area contributed by atoms with E-state index in [-0.39, 0.29) is 171 Å². The van der Waals surface area contributed by atoms with Crippen molar-refractivity contribution in [3.8, 4) is 0 Å². The summed E-state index contributed by atoms with van der Waals surface area (Å²) >= 11 is 2.68. The number of hydrogen-bond donors (Lipinski definition) is 7. The molecule has 581 valence electrons. The standard InChI is InChI=1S/2C11H22N2P.C11H21N2.C10H21N2P.3C3H6O.C3H6S.C3H8.C3H4.2C2H7N.C2H6O.C2H6.CH4O2S.3CH3.3Y/c2*1-10(2)8-7(6-12-14)9(8)11(3,4)13(10)5;1-10(2)8-7(6-12)9(8)11(3,4)13(10)5;1-9(2)7-6(5-11-13)8(7)10(3,4)12-9;4*1-3(2)4;5*1-3-2;1-2;1-4(2)3;;;;;;/h2*7-9,12H,5-6,14H2,1-4H3;7-9H,5-6,12H2,1-4H3;6-8,11-12H,5,13H2,1-4H3;4*1-2H3;3H2,1-2H3;1-2H2;2*3H,1-2H3;1-2H3;1-2H3;1H3,(H,2,3);3*1H3;;;/q3*-1;;;;;;;;;;;;;3*-1;;;/p-1/t3*7?,8-,9+;6?,7-,8+;;;;;;;;;;;;;;;;;. The van der Waals surface area contributed by atoms with Crippen molar-refractivity contribution in [2.24, 2.45) is 76.7 Å². The number of ketones is 3. The van der Waals surface area contributed by atoms with Crippen molar-refractivity contribution in [3.63, 3.8) is 0 Å². The molecule has 4 heterocycles. The van der Waals surface area contributed by atoms with E-state index in [0.717, 1.165) is 108 Å². The number of hydrogen-bond acceptors (Lipinski definition) is 17. The van der Waals surface area contributed by atoms with Crippen LogP contribution in [0.3, 0.4) is 0 Å². The molecule has 4 saturated carbocycles. The average Bonchev–Trinajstić information content (AvgIpc) is 1.55. The summed E-state index contributed by atoms with van der Waals surface area (Å²) in [6.07, 6.45) is 2.33. The number of rotatable bonds is 7. The molecule has 0 aromatic rings. The first-order chi connectivity index (χ1) is 41.2. The Hall–Kier alpha value is 2.89. The Labute approximate surface area is 696 Å². The zero-order chi connectivity index (χ0) is 74.7. The van der Waals surface area contributed by atoms with Gasteiger partial charge in [0.25, 0.3) is 0 Å². The minimum absolute atomic E-state index is 0. The second-order valence-electron chi connectivity index (χ2n) is 29.5. The maximum absolute atomic E-state index is 9.44. The fourth-order valence-corrected chi connectivity index (χ4v) is 15.8. The van der Waals surface area contributed by atoms with Crippen LogP contribution < -0.4 is 36.9 Å². The van der Waals surface area contributed by atoms with Gasteiger partial charge < -0.3 is 97.6 Å². The summed E-state index contributed by atoms with van der Waals surface area (Å²) < 4.78 is 22.2. The van der Waals surface area contributed by atoms with Crippen LogP contribution in [-0.4, -0.2) is 165 Å². The van der Waals surface area contributed by atoms with Gasteiger partial charge in [0.2, 0.25) is 0 Å². The number of carbonyl (C=O) groups excluding carboxylic acids is 3. The quantitative estimate of drug-likeness (QED) is 0.0416. The van der Waals surface area contributed by atoms with Crippen molar-refractivity contribution in [2.75, 3.05) is 74.8 Å². The van der Waals surface area contributed by atoms with Crippen LogP contribution in [0, 0.1) is 114 Å². The third-order valence-corrected chi connectivity index (χ3v) is 18.1. The van der Waals surface area contributed by atoms with Gasteiger partial charge in [-0.3, -0.25) is 25.4 Å². The Morgan fingerprint density at radius 1 is 0.526 bits per heavy atom. The number of piperidine rings is 4. The van der Waals surface area contributed by atoms with Crippen LogP contribution in [0.25, 0.3) is 0 Å². The molecule has 16 nitrogen and oxygen atoms in total. The maximum Gasteiger partial charge on any atom is 0.126 e. The fourth-order valence-electron chi connectivity index (χ4n) is 15.0. The van der Waals surface area contributed by atoms with E-state index in [9.17, 15) is 14.4 Å². The average molecular weight is 1700 g/mol. The Kier molecular flexibility index (Phi) is 82.4. The fraction of sp³-hybridized carbons (Fsp3) is 0.822. The van der Waals surface area contributed by atoms with Crippen molar-refractivity contribution in [3.05, 3.63) is 62.3 Å². The monoisotopic (exact) mass is 1700 g/mol. The molecule has 24 heteroatoms. The van der Waals surface area contributed by atoms with Gasteiger partial charge in [-0.25, -0.2) is 0 Å². The van der Waals surface area contributed by atoms with Gasteiger partial charge in [0.05, 0.1) is 0 Å². The summed E-state index contributed by atoms with van der Waals surface area (Å²) in [6.45, 7) is 68.9. The molecule has 0 aromatic heterocycles. The molecule has 4 saturated heterocycles. The van der Waals surface area contributed by atoms with E-state index in [1.54, 1.807) is 14.2 Å². The SMILES string of the molecule is C=C=C.CC.CC(C)=O.CC(C)=O.CC(C)=O.CC(C)=S.CC1(C)NC(C)(C)[C@H]2C(CNP)[C@H]21.CCC.CNC.CNC.COC.CS(=O)[O-].[CH2-]N1C(C)(C)[C@@H]2C(CN)[C@@H]2C1(C)C.[CH2-]N1C(C)(C)[C@@H]2C(CNP)[C@@H]2C1(C)C.[CH2-]N1C(C)(C)[C@@H]2C(CNP)[C@@H]2C1(C)C.[CH3-].[CH3-].[CH3-].[Y].[Y].[Y]. The molecule has 8 aliphatic rings. The van der Waals surface area contributed by atoms with Crippen LogP contribution in [0.2, 0.25) is 0 Å². The second kappa shape index (κ2) is 61.7. The summed E-state index contributed by atoms with van der Waals surface area (Å²) in [7, 11) is 31.2. The number of carbonyl (C=O) groups is 3. The van der Waals surface area contributed by atoms with Crippen LogP contribution in [0.15, 0.2) is 18.9 Å². The van der Waals surface area contributed by atoms with E-state index >= 15 is 0 Å². The predicted molar refractivity (Wildman–Crippen MR) is 434 cm³/mol. The van der Waals surface area contributed by atoms with E-state index in [1.165, 1.54) is 48.0 Å². The molecule has 8 N–H and O–H groups in total. The summed E-state index contributed by atoms with van der Waals surface area (Å²) in [6, 6.07) is 0. The van der Waals surface area contributed by atoms with Crippen molar-refractivity contribution in [1.29, 1.82) is 0 Å². The minimum Gasteiger partial charge on any atom is -0.773 e. The van der Waals surface area contributed by atoms with Gasteiger partial charge in [-0.05, 0) is 316 Å². The number of ether oxygens (including phenoxy) is 1. The molecule has 0 aromatic carbocycles. The molecule has 0 bridgehead atoms. The van der Waals surface area contributed by atoms with Gasteiger partial charge >= 0.3 is 0 Å². The summed E-state index contributed by atoms with van der Waals surface area (Å²) in [5, 5.41) is 18.9. The molecule has 4 aliphatic heterocycles. The molecule has 16 atom stereocenters. The summed E-state index contributed by atoms with van der Waals surface area (Å²) in [5.74, 6) is 10.4. The Balaban J connectivity index is -0.0000000743. The van der Waals surface area contributed by atoms with Gasteiger partial charge in [-0.2, -0.15) is 0 Å². The van der Waals surface area contributed by atoms with Crippen LogP contribution >= 0.6 is 40.4 Å². The Morgan fingerprint density at radius 3 is 0.753 bits per heavy atom. The van der Waals surface area contributed by atoms with Crippen molar-refractivity contribution in [2.45, 2.75) is 245 Å². The van der Waals surface area contributed by atoms with Crippen LogP contribution in [0.5, 0.6) is 0 Å². The first kappa shape index (κ1) is 129. The van der Waals surface area contributed by atoms with Gasteiger partial charge in [-0.1, -0.05) is 98.7 Å². The summed E-state index contributed by atoms with van der Waals surface area (Å²) in [5.41, 5.74) is 10.2. The number of thiocarbonyl (C=S) groups is 1. The summed E-state index contributed by atoms with van der Waals surface area (Å²) in [4.78, 5) is 36.2. The molecule has 8 fully saturated rings. The van der Waals surface area contributed by atoms with E-state index in [0.29, 0.717) is 11.1 Å². The molecular formula is C73H160N10O6P3S2Y3-7. The normalized spacial score (nSPS) is 27.4. The predicted octanol–water partition coefficient (Wildman–Crippen LogP) is 14.0. The van der Waals surface area contributed by atoms with Gasteiger partial charge in [0.15, 0.2) is 0 Å². The third-order valence-electron chi connectivity index (χ3n) is 17.4. The van der Waals surface area contributed by atoms with E-state index in [2.05, 4.69) is 256 Å². The topological polar surface area (TPSA) is 208 Å². The molecule has 3 radical (unpaired) electrons. The molecule has 97 heavy (non-hydrogen) atoms. The number of likely N-dealkylation sites (tertiary alicyclic amines) is 3. The van der Waals surface area contributed by atoms with E-state index < -0.39 is 11.1 Å². The van der Waals surface area contributed by atoms with Crippen LogP contribution in [0.4, 0.5) is 0 Å². The zero-order valence-corrected chi connectivity index (χ0v) is 83.8. The molecule has 0 spiro atoms. The van der Waals surface area contributed by atoms with Gasteiger partial charge in [0, 0.05) is 143 Å². The van der Waals surface area contributed by atoms with Gasteiger partial charge in [0.1, 0.15) is 17.3 Å². The zero-order valence-electron chi connectivity index (χ0n) is 70.1. The second-order valence-corrected chi connectivity index (χ2v) is 32.3. The number of Topliss-reactive ketones (excluding diaryl/α,β-unsaturated/α-hetero) is 3. The Morgan fingerprint density at radius 2 is 0.639 bits per heavy atom. The molecule has 4 aliphatic carbocycles. The largest absolute Gasteiger partial charge is 0.773 e. The molecule has 0 amide bonds. The van der Waals surface area contributed by atoms with Crippen molar-refractivity contribution < 1.29 is 126 Å². The number of nitrogens with two attached hydrogens (primary N) is 1. The molecule has 8 unspecified atom stereocenters. The van der Waals surface area contributed by atoms with Crippen molar-refractivity contribution >= 4 is 73.7 Å². The number of nitrogens with zero attached hydrogens (tertiary/aromatic N) is 3. The minimum atomic E-state index is -1.86. The van der Waals surface area contributed by atoms with Crippen LogP contribution in [-0.2, 0) is 128 Å². The number of fused-ring (bicyclic) bond motifs is 4. The molecular weight excluding hydrogens is 1540 g/mol. The first-order valence-electron chi connectivity index (χ1n) is 32.6. The number of nitrogens with one attached hydrogen (secondary N) is 6. The van der Waals surface area contributed by atoms with Gasteiger partial charge in [-0.15, -0.1) is 5.73 Å². The smallest absolute Gasteiger partial charge is 0.126 e. The van der Waals surface area contributed by atoms with E-state index in [1.807, 2.05) is 55.9 Å². The van der Waals surface area contributed by atoms with Crippen molar-refractivity contribution in [1.82, 2.24) is 45.9 Å². The Bertz CT molecular complexity index is 1840. The number of methoxy groups -OCH3 is 1. The van der Waals surface area contributed by atoms with Crippen LogP contribution in [0.1, 0.15) is 200 Å². The first-order valence-corrected chi connectivity index (χ1v) is 36.2.